The van der Waals surface area contributed by atoms with Gasteiger partial charge in [-0.25, -0.2) is 0 Å². The number of quaternary nitrogens is 1. The van der Waals surface area contributed by atoms with Crippen LogP contribution in [0, 0.1) is 0 Å². The Kier molecular flexibility index (Phi) is 3.39. The van der Waals surface area contributed by atoms with Crippen LogP contribution in [0.4, 0.5) is 5.69 Å². The standard InChI is InChI=1S/C9H14N2O2/c10-7-3-1-6(2-4-7)9(13)8(11)5-12/h1-4,8-9,12-13H,5,10-11H2/p+1/t8-,9-/m1/s1. The first-order valence-corrected chi connectivity index (χ1v) is 4.11. The number of hydrogen-bond acceptors (Lipinski definition) is 3. The zero-order valence-electron chi connectivity index (χ0n) is 7.35. The van der Waals surface area contributed by atoms with Crippen LogP contribution >= 0.6 is 0 Å². The number of aliphatic hydroxyl groups is 2. The van der Waals surface area contributed by atoms with Gasteiger partial charge < -0.3 is 21.7 Å². The minimum Gasteiger partial charge on any atom is -0.395 e. The number of hydrogen-bond donors (Lipinski definition) is 4. The summed E-state index contributed by atoms with van der Waals surface area (Å²) in [7, 11) is 0. The summed E-state index contributed by atoms with van der Waals surface area (Å²) in [5, 5.41) is 18.3. The normalized spacial score (nSPS) is 15.4. The van der Waals surface area contributed by atoms with E-state index in [1.165, 1.54) is 0 Å². The molecule has 0 spiro atoms. The topological polar surface area (TPSA) is 94.1 Å². The van der Waals surface area contributed by atoms with Gasteiger partial charge in [-0.05, 0) is 17.7 Å². The predicted octanol–water partition coefficient (Wildman–Crippen LogP) is -1.09. The Morgan fingerprint density at radius 3 is 2.31 bits per heavy atom. The van der Waals surface area contributed by atoms with Crippen molar-refractivity contribution in [1.82, 2.24) is 0 Å². The third-order valence-electron chi connectivity index (χ3n) is 1.94. The quantitative estimate of drug-likeness (QED) is 0.480. The molecule has 4 heteroatoms. The Balaban J connectivity index is 2.77. The van der Waals surface area contributed by atoms with E-state index in [1.807, 2.05) is 0 Å². The first-order valence-electron chi connectivity index (χ1n) is 4.11. The zero-order chi connectivity index (χ0) is 9.84. The summed E-state index contributed by atoms with van der Waals surface area (Å²) in [4.78, 5) is 0. The Morgan fingerprint density at radius 2 is 1.85 bits per heavy atom. The van der Waals surface area contributed by atoms with Gasteiger partial charge in [0.15, 0.2) is 0 Å². The SMILES string of the molecule is N[C@H](CO)[C@H](O)c1ccc([NH3+])cc1. The molecule has 1 aromatic rings. The molecule has 0 aliphatic heterocycles. The average Bonchev–Trinajstić information content (AvgIpc) is 2.17. The molecule has 72 valence electrons. The highest BCUT2D eigenvalue weighted by Gasteiger charge is 2.15. The molecule has 0 fully saturated rings. The van der Waals surface area contributed by atoms with E-state index in [2.05, 4.69) is 5.73 Å². The van der Waals surface area contributed by atoms with Crippen LogP contribution in [0.2, 0.25) is 0 Å². The van der Waals surface area contributed by atoms with Gasteiger partial charge in [0, 0.05) is 0 Å². The summed E-state index contributed by atoms with van der Waals surface area (Å²) in [5.41, 5.74) is 10.8. The maximum Gasteiger partial charge on any atom is 0.127 e. The van der Waals surface area contributed by atoms with Crippen LogP contribution in [0.5, 0.6) is 0 Å². The molecule has 0 saturated heterocycles. The summed E-state index contributed by atoms with van der Waals surface area (Å²) in [6, 6.07) is 6.46. The second-order valence-electron chi connectivity index (χ2n) is 3.03. The van der Waals surface area contributed by atoms with Gasteiger partial charge in [-0.3, -0.25) is 0 Å². The fourth-order valence-corrected chi connectivity index (χ4v) is 1.06. The van der Waals surface area contributed by atoms with Crippen LogP contribution in [0.1, 0.15) is 11.7 Å². The van der Waals surface area contributed by atoms with Crippen LogP contribution in [0.3, 0.4) is 0 Å². The van der Waals surface area contributed by atoms with Gasteiger partial charge in [-0.1, -0.05) is 12.1 Å². The molecule has 1 aromatic carbocycles. The molecular formula is C9H15N2O2+. The number of rotatable bonds is 3. The highest BCUT2D eigenvalue weighted by molar-refractivity contribution is 5.32. The van der Waals surface area contributed by atoms with Crippen LogP contribution in [-0.2, 0) is 0 Å². The fraction of sp³-hybridized carbons (Fsp3) is 0.333. The van der Waals surface area contributed by atoms with E-state index >= 15 is 0 Å². The van der Waals surface area contributed by atoms with Crippen LogP contribution < -0.4 is 11.5 Å². The highest BCUT2D eigenvalue weighted by atomic mass is 16.3. The van der Waals surface area contributed by atoms with Crippen molar-refractivity contribution in [2.45, 2.75) is 12.1 Å². The van der Waals surface area contributed by atoms with Crippen molar-refractivity contribution in [2.75, 3.05) is 6.61 Å². The van der Waals surface area contributed by atoms with Gasteiger partial charge in [-0.2, -0.15) is 0 Å². The molecule has 0 aromatic heterocycles. The molecule has 0 aliphatic carbocycles. The fourth-order valence-electron chi connectivity index (χ4n) is 1.06. The summed E-state index contributed by atoms with van der Waals surface area (Å²) < 4.78 is 0. The number of nitrogens with two attached hydrogens (primary N) is 1. The smallest absolute Gasteiger partial charge is 0.127 e. The molecule has 2 atom stereocenters. The highest BCUT2D eigenvalue weighted by Crippen LogP contribution is 2.16. The van der Waals surface area contributed by atoms with Crippen LogP contribution in [0.15, 0.2) is 24.3 Å². The second-order valence-corrected chi connectivity index (χ2v) is 3.03. The third kappa shape index (κ3) is 2.50. The molecule has 0 saturated carbocycles. The van der Waals surface area contributed by atoms with Crippen molar-refractivity contribution in [1.29, 1.82) is 0 Å². The number of benzene rings is 1. The van der Waals surface area contributed by atoms with E-state index in [1.54, 1.807) is 24.3 Å². The first-order chi connectivity index (χ1) is 6.15. The minimum atomic E-state index is -0.814. The molecule has 0 radical (unpaired) electrons. The summed E-state index contributed by atoms with van der Waals surface area (Å²) >= 11 is 0. The lowest BCUT2D eigenvalue weighted by Gasteiger charge is -2.16. The minimum absolute atomic E-state index is 0.229. The van der Waals surface area contributed by atoms with E-state index in [0.29, 0.717) is 5.56 Å². The largest absolute Gasteiger partial charge is 0.395 e. The van der Waals surface area contributed by atoms with Crippen molar-refractivity contribution in [3.05, 3.63) is 29.8 Å². The molecule has 0 heterocycles. The Bertz CT molecular complexity index is 261. The van der Waals surface area contributed by atoms with Gasteiger partial charge in [0.05, 0.1) is 18.8 Å². The van der Waals surface area contributed by atoms with Gasteiger partial charge in [-0.15, -0.1) is 0 Å². The van der Waals surface area contributed by atoms with Crippen molar-refractivity contribution in [2.24, 2.45) is 5.73 Å². The van der Waals surface area contributed by atoms with Gasteiger partial charge in [0.25, 0.3) is 0 Å². The Labute approximate surface area is 76.8 Å². The van der Waals surface area contributed by atoms with Crippen LogP contribution in [-0.4, -0.2) is 22.9 Å². The van der Waals surface area contributed by atoms with E-state index in [0.717, 1.165) is 5.69 Å². The molecule has 1 rings (SSSR count). The maximum absolute atomic E-state index is 9.57. The molecule has 13 heavy (non-hydrogen) atoms. The van der Waals surface area contributed by atoms with Gasteiger partial charge >= 0.3 is 0 Å². The Hall–Kier alpha value is -0.940. The van der Waals surface area contributed by atoms with E-state index < -0.39 is 12.1 Å². The molecule has 0 bridgehead atoms. The lowest BCUT2D eigenvalue weighted by molar-refractivity contribution is -0.254. The number of aliphatic hydroxyl groups excluding tert-OH is 2. The lowest BCUT2D eigenvalue weighted by Crippen LogP contribution is -2.40. The van der Waals surface area contributed by atoms with E-state index in [-0.39, 0.29) is 6.61 Å². The first kappa shape index (κ1) is 10.1. The molecule has 0 amide bonds. The summed E-state index contributed by atoms with van der Waals surface area (Å²) in [6.07, 6.45) is -0.814. The molecule has 0 unspecified atom stereocenters. The summed E-state index contributed by atoms with van der Waals surface area (Å²) in [6.45, 7) is -0.229. The lowest BCUT2D eigenvalue weighted by atomic mass is 10.0. The zero-order valence-corrected chi connectivity index (χ0v) is 7.35. The predicted molar refractivity (Wildman–Crippen MR) is 49.0 cm³/mol. The summed E-state index contributed by atoms with van der Waals surface area (Å²) in [5.74, 6) is 0. The maximum atomic E-state index is 9.57. The third-order valence-corrected chi connectivity index (χ3v) is 1.94. The monoisotopic (exact) mass is 183 g/mol. The van der Waals surface area contributed by atoms with Crippen molar-refractivity contribution in [3.63, 3.8) is 0 Å². The van der Waals surface area contributed by atoms with Gasteiger partial charge in [0.1, 0.15) is 5.69 Å². The molecule has 4 nitrogen and oxygen atoms in total. The van der Waals surface area contributed by atoms with Crippen molar-refractivity contribution >= 4 is 5.69 Å². The van der Waals surface area contributed by atoms with Crippen molar-refractivity contribution in [3.8, 4) is 0 Å². The van der Waals surface area contributed by atoms with Crippen LogP contribution in [0.25, 0.3) is 0 Å². The average molecular weight is 183 g/mol. The van der Waals surface area contributed by atoms with E-state index in [9.17, 15) is 5.11 Å². The van der Waals surface area contributed by atoms with Crippen molar-refractivity contribution < 1.29 is 15.9 Å². The Morgan fingerprint density at radius 1 is 1.31 bits per heavy atom. The van der Waals surface area contributed by atoms with Gasteiger partial charge in [0.2, 0.25) is 0 Å². The second kappa shape index (κ2) is 4.34. The molecule has 0 aliphatic rings. The molecular weight excluding hydrogens is 168 g/mol. The molecule has 7 N–H and O–H groups in total. The van der Waals surface area contributed by atoms with E-state index in [4.69, 9.17) is 10.8 Å².